The smallest absolute Gasteiger partial charge is 0.338 e. The molecule has 28 heavy (non-hydrogen) atoms. The average Bonchev–Trinajstić information content (AvgIpc) is 2.69. The minimum atomic E-state index is -0.340. The SMILES string of the molecule is CCCCCCCCCCCCSCC(=O)Nc1ccc(C(=O)OCC)cc1. The molecule has 0 atom stereocenters. The zero-order chi connectivity index (χ0) is 20.5. The van der Waals surface area contributed by atoms with Gasteiger partial charge < -0.3 is 10.1 Å². The van der Waals surface area contributed by atoms with Gasteiger partial charge in [-0.15, -0.1) is 0 Å². The van der Waals surface area contributed by atoms with Gasteiger partial charge in [-0.05, 0) is 43.4 Å². The van der Waals surface area contributed by atoms with Gasteiger partial charge in [-0.25, -0.2) is 4.79 Å². The molecule has 0 fully saturated rings. The van der Waals surface area contributed by atoms with Gasteiger partial charge in [-0.2, -0.15) is 11.8 Å². The van der Waals surface area contributed by atoms with Crippen LogP contribution in [0.1, 0.15) is 88.4 Å². The van der Waals surface area contributed by atoms with E-state index in [1.54, 1.807) is 43.0 Å². The summed E-state index contributed by atoms with van der Waals surface area (Å²) in [5.74, 6) is 1.16. The molecular weight excluding hydrogens is 370 g/mol. The summed E-state index contributed by atoms with van der Waals surface area (Å²) < 4.78 is 4.95. The van der Waals surface area contributed by atoms with Crippen LogP contribution in [0.15, 0.2) is 24.3 Å². The molecule has 0 aliphatic rings. The van der Waals surface area contributed by atoms with E-state index in [4.69, 9.17) is 4.74 Å². The molecule has 0 aromatic heterocycles. The highest BCUT2D eigenvalue weighted by atomic mass is 32.2. The van der Waals surface area contributed by atoms with Crippen molar-refractivity contribution in [2.75, 3.05) is 23.4 Å². The Hall–Kier alpha value is -1.49. The van der Waals surface area contributed by atoms with Crippen molar-refractivity contribution in [2.45, 2.75) is 78.1 Å². The second-order valence-electron chi connectivity index (χ2n) is 7.08. The number of esters is 1. The fourth-order valence-electron chi connectivity index (χ4n) is 2.96. The second kappa shape index (κ2) is 16.5. The lowest BCUT2D eigenvalue weighted by molar-refractivity contribution is -0.113. The molecule has 0 aliphatic carbocycles. The van der Waals surface area contributed by atoms with Crippen molar-refractivity contribution >= 4 is 29.3 Å². The molecule has 0 unspecified atom stereocenters. The van der Waals surface area contributed by atoms with E-state index in [0.717, 1.165) is 5.75 Å². The van der Waals surface area contributed by atoms with Crippen LogP contribution in [0.3, 0.4) is 0 Å². The van der Waals surface area contributed by atoms with Gasteiger partial charge in [0.15, 0.2) is 0 Å². The fourth-order valence-corrected chi connectivity index (χ4v) is 3.77. The summed E-state index contributed by atoms with van der Waals surface area (Å²) in [5, 5.41) is 2.87. The quantitative estimate of drug-likeness (QED) is 0.252. The molecule has 158 valence electrons. The number of carbonyl (C=O) groups is 2. The van der Waals surface area contributed by atoms with Crippen molar-refractivity contribution in [2.24, 2.45) is 0 Å². The molecule has 0 heterocycles. The molecular formula is C23H37NO3S. The number of rotatable bonds is 16. The van der Waals surface area contributed by atoms with Gasteiger partial charge in [-0.3, -0.25) is 4.79 Å². The first kappa shape index (κ1) is 24.5. The van der Waals surface area contributed by atoms with E-state index in [1.165, 1.54) is 64.2 Å². The van der Waals surface area contributed by atoms with Crippen LogP contribution >= 0.6 is 11.8 Å². The molecule has 1 aromatic carbocycles. The number of anilines is 1. The fraction of sp³-hybridized carbons (Fsp3) is 0.652. The Balaban J connectivity index is 2.01. The van der Waals surface area contributed by atoms with E-state index < -0.39 is 0 Å². The molecule has 4 nitrogen and oxygen atoms in total. The van der Waals surface area contributed by atoms with Crippen LogP contribution in [0, 0.1) is 0 Å². The molecule has 1 rings (SSSR count). The monoisotopic (exact) mass is 407 g/mol. The van der Waals surface area contributed by atoms with Crippen LogP contribution in [0.5, 0.6) is 0 Å². The van der Waals surface area contributed by atoms with Crippen molar-refractivity contribution in [3.63, 3.8) is 0 Å². The molecule has 1 amide bonds. The minimum Gasteiger partial charge on any atom is -0.462 e. The Morgan fingerprint density at radius 3 is 2.00 bits per heavy atom. The summed E-state index contributed by atoms with van der Waals surface area (Å²) in [6.07, 6.45) is 13.3. The maximum atomic E-state index is 12.0. The first-order valence-corrected chi connectivity index (χ1v) is 12.0. The number of carbonyl (C=O) groups excluding carboxylic acids is 2. The van der Waals surface area contributed by atoms with Crippen molar-refractivity contribution in [1.82, 2.24) is 0 Å². The summed E-state index contributed by atoms with van der Waals surface area (Å²) in [6.45, 7) is 4.39. The number of thioether (sulfide) groups is 1. The van der Waals surface area contributed by atoms with Gasteiger partial charge in [0.1, 0.15) is 0 Å². The minimum absolute atomic E-state index is 0.000893. The Bertz CT molecular complexity index is 545. The van der Waals surface area contributed by atoms with Crippen LogP contribution in [-0.4, -0.2) is 30.0 Å². The van der Waals surface area contributed by atoms with Crippen LogP contribution in [0.25, 0.3) is 0 Å². The lowest BCUT2D eigenvalue weighted by atomic mass is 10.1. The third kappa shape index (κ3) is 12.1. The molecule has 0 saturated heterocycles. The van der Waals surface area contributed by atoms with E-state index in [-0.39, 0.29) is 11.9 Å². The van der Waals surface area contributed by atoms with Gasteiger partial charge in [-0.1, -0.05) is 64.7 Å². The molecule has 1 aromatic rings. The van der Waals surface area contributed by atoms with Crippen LogP contribution in [0.4, 0.5) is 5.69 Å². The summed E-state index contributed by atoms with van der Waals surface area (Å²) >= 11 is 1.69. The number of hydrogen-bond donors (Lipinski definition) is 1. The average molecular weight is 408 g/mol. The molecule has 0 saturated carbocycles. The van der Waals surface area contributed by atoms with E-state index in [2.05, 4.69) is 12.2 Å². The summed E-state index contributed by atoms with van der Waals surface area (Å²) in [6, 6.07) is 6.81. The van der Waals surface area contributed by atoms with Crippen molar-refractivity contribution in [1.29, 1.82) is 0 Å². The number of nitrogens with one attached hydrogen (secondary N) is 1. The topological polar surface area (TPSA) is 55.4 Å². The Kier molecular flexibility index (Phi) is 14.4. The largest absolute Gasteiger partial charge is 0.462 e. The number of hydrogen-bond acceptors (Lipinski definition) is 4. The third-order valence-electron chi connectivity index (χ3n) is 4.56. The highest BCUT2D eigenvalue weighted by Gasteiger charge is 2.07. The van der Waals surface area contributed by atoms with Gasteiger partial charge in [0.05, 0.1) is 17.9 Å². The first-order chi connectivity index (χ1) is 13.7. The molecule has 0 radical (unpaired) electrons. The second-order valence-corrected chi connectivity index (χ2v) is 8.19. The Labute approximate surface area is 175 Å². The zero-order valence-electron chi connectivity index (χ0n) is 17.6. The predicted molar refractivity (Wildman–Crippen MR) is 120 cm³/mol. The lowest BCUT2D eigenvalue weighted by Crippen LogP contribution is -2.14. The van der Waals surface area contributed by atoms with Gasteiger partial charge in [0.2, 0.25) is 5.91 Å². The number of benzene rings is 1. The Morgan fingerprint density at radius 2 is 1.43 bits per heavy atom. The predicted octanol–water partition coefficient (Wildman–Crippen LogP) is 6.46. The standard InChI is InChI=1S/C23H37NO3S/c1-3-5-6-7-8-9-10-11-12-13-18-28-19-22(25)24-21-16-14-20(15-17-21)23(26)27-4-2/h14-17H,3-13,18-19H2,1-2H3,(H,24,25). The van der Waals surface area contributed by atoms with Crippen molar-refractivity contribution < 1.29 is 14.3 Å². The van der Waals surface area contributed by atoms with Gasteiger partial charge in [0, 0.05) is 5.69 Å². The maximum absolute atomic E-state index is 12.0. The van der Waals surface area contributed by atoms with Gasteiger partial charge >= 0.3 is 5.97 Å². The van der Waals surface area contributed by atoms with E-state index in [1.807, 2.05) is 0 Å². The van der Waals surface area contributed by atoms with Crippen molar-refractivity contribution in [3.05, 3.63) is 29.8 Å². The molecule has 0 aliphatic heterocycles. The third-order valence-corrected chi connectivity index (χ3v) is 5.60. The van der Waals surface area contributed by atoms with Crippen LogP contribution in [0.2, 0.25) is 0 Å². The van der Waals surface area contributed by atoms with Crippen LogP contribution < -0.4 is 5.32 Å². The normalized spacial score (nSPS) is 10.6. The van der Waals surface area contributed by atoms with Crippen LogP contribution in [-0.2, 0) is 9.53 Å². The zero-order valence-corrected chi connectivity index (χ0v) is 18.5. The van der Waals surface area contributed by atoms with E-state index in [9.17, 15) is 9.59 Å². The summed E-state index contributed by atoms with van der Waals surface area (Å²) in [7, 11) is 0. The number of amides is 1. The number of unbranched alkanes of at least 4 members (excludes halogenated alkanes) is 9. The number of ether oxygens (including phenoxy) is 1. The highest BCUT2D eigenvalue weighted by molar-refractivity contribution is 7.99. The Morgan fingerprint density at radius 1 is 0.857 bits per heavy atom. The molecule has 1 N–H and O–H groups in total. The molecule has 0 bridgehead atoms. The van der Waals surface area contributed by atoms with Gasteiger partial charge in [0.25, 0.3) is 0 Å². The first-order valence-electron chi connectivity index (χ1n) is 10.8. The molecule has 5 heteroatoms. The van der Waals surface area contributed by atoms with E-state index in [0.29, 0.717) is 23.6 Å². The molecule has 0 spiro atoms. The van der Waals surface area contributed by atoms with E-state index >= 15 is 0 Å². The lowest BCUT2D eigenvalue weighted by Gasteiger charge is -2.07. The summed E-state index contributed by atoms with van der Waals surface area (Å²) in [5.41, 5.74) is 1.20. The summed E-state index contributed by atoms with van der Waals surface area (Å²) in [4.78, 5) is 23.6. The maximum Gasteiger partial charge on any atom is 0.338 e. The highest BCUT2D eigenvalue weighted by Crippen LogP contribution is 2.14. The van der Waals surface area contributed by atoms with Crippen molar-refractivity contribution in [3.8, 4) is 0 Å².